The minimum atomic E-state index is -0.739. The van der Waals surface area contributed by atoms with Crippen LogP contribution in [0.5, 0.6) is 0 Å². The summed E-state index contributed by atoms with van der Waals surface area (Å²) in [5.41, 5.74) is 0.207. The maximum atomic E-state index is 10.7. The van der Waals surface area contributed by atoms with Crippen molar-refractivity contribution in [3.8, 4) is 0 Å². The molecule has 0 aliphatic rings. The van der Waals surface area contributed by atoms with Crippen LogP contribution in [0.3, 0.4) is 0 Å². The Balaban J connectivity index is 3.78. The molecule has 0 saturated carbocycles. The molecule has 0 aromatic carbocycles. The van der Waals surface area contributed by atoms with Gasteiger partial charge in [0, 0.05) is 0 Å². The SMILES string of the molecule is CCC(C)(C)CCCC(O)CCCC(C)(C)CC(=O)O. The maximum Gasteiger partial charge on any atom is 0.303 e. The van der Waals surface area contributed by atoms with Gasteiger partial charge in [0.25, 0.3) is 0 Å². The molecule has 20 heavy (non-hydrogen) atoms. The third-order valence-electron chi connectivity index (χ3n) is 4.37. The molecule has 0 bridgehead atoms. The van der Waals surface area contributed by atoms with Crippen molar-refractivity contribution in [2.75, 3.05) is 0 Å². The van der Waals surface area contributed by atoms with E-state index >= 15 is 0 Å². The van der Waals surface area contributed by atoms with Crippen molar-refractivity contribution in [1.29, 1.82) is 0 Å². The van der Waals surface area contributed by atoms with E-state index in [0.29, 0.717) is 5.41 Å². The number of carbonyl (C=O) groups is 1. The fourth-order valence-corrected chi connectivity index (χ4v) is 2.45. The molecular formula is C17H34O3. The zero-order valence-corrected chi connectivity index (χ0v) is 14.0. The first kappa shape index (κ1) is 19.4. The summed E-state index contributed by atoms with van der Waals surface area (Å²) in [6, 6.07) is 0. The van der Waals surface area contributed by atoms with Crippen LogP contribution in [-0.4, -0.2) is 22.3 Å². The van der Waals surface area contributed by atoms with Crippen LogP contribution in [0.2, 0.25) is 0 Å². The lowest BCUT2D eigenvalue weighted by molar-refractivity contribution is -0.139. The van der Waals surface area contributed by atoms with Gasteiger partial charge in [-0.1, -0.05) is 53.9 Å². The Kier molecular flexibility index (Phi) is 8.41. The average molecular weight is 286 g/mol. The van der Waals surface area contributed by atoms with Crippen molar-refractivity contribution in [1.82, 2.24) is 0 Å². The van der Waals surface area contributed by atoms with Gasteiger partial charge in [-0.2, -0.15) is 0 Å². The summed E-state index contributed by atoms with van der Waals surface area (Å²) >= 11 is 0. The Bertz CT molecular complexity index is 282. The third kappa shape index (κ3) is 10.2. The Hall–Kier alpha value is -0.570. The number of carboxylic acids is 1. The molecule has 0 aliphatic carbocycles. The Morgan fingerprint density at radius 2 is 1.45 bits per heavy atom. The van der Waals surface area contributed by atoms with Gasteiger partial charge in [0.1, 0.15) is 0 Å². The number of aliphatic hydroxyl groups excluding tert-OH is 1. The molecule has 1 unspecified atom stereocenters. The Morgan fingerprint density at radius 1 is 1.00 bits per heavy atom. The molecule has 2 N–H and O–H groups in total. The molecular weight excluding hydrogens is 252 g/mol. The first-order valence-corrected chi connectivity index (χ1v) is 7.98. The summed E-state index contributed by atoms with van der Waals surface area (Å²) in [6.45, 7) is 10.7. The average Bonchev–Trinajstić information content (AvgIpc) is 2.26. The van der Waals surface area contributed by atoms with Crippen LogP contribution < -0.4 is 0 Å². The van der Waals surface area contributed by atoms with Crippen LogP contribution in [0, 0.1) is 10.8 Å². The first-order valence-electron chi connectivity index (χ1n) is 7.98. The van der Waals surface area contributed by atoms with Crippen LogP contribution in [0.15, 0.2) is 0 Å². The highest BCUT2D eigenvalue weighted by Gasteiger charge is 2.22. The normalized spacial score (nSPS) is 14.3. The van der Waals surface area contributed by atoms with Crippen LogP contribution in [-0.2, 0) is 4.79 Å². The van der Waals surface area contributed by atoms with E-state index in [-0.39, 0.29) is 17.9 Å². The monoisotopic (exact) mass is 286 g/mol. The molecule has 0 spiro atoms. The quantitative estimate of drug-likeness (QED) is 0.582. The highest BCUT2D eigenvalue weighted by Crippen LogP contribution is 2.29. The van der Waals surface area contributed by atoms with Gasteiger partial charge in [0.2, 0.25) is 0 Å². The standard InChI is InChI=1S/C17H34O3/c1-6-16(2,3)11-7-9-14(18)10-8-12-17(4,5)13-15(19)20/h14,18H,6-13H2,1-5H3,(H,19,20). The van der Waals surface area contributed by atoms with Gasteiger partial charge in [0.05, 0.1) is 12.5 Å². The predicted octanol–water partition coefficient (Wildman–Crippen LogP) is 4.63. The molecule has 120 valence electrons. The number of aliphatic hydroxyl groups is 1. The largest absolute Gasteiger partial charge is 0.481 e. The molecule has 0 amide bonds. The topological polar surface area (TPSA) is 57.5 Å². The lowest BCUT2D eigenvalue weighted by atomic mass is 9.82. The van der Waals surface area contributed by atoms with Gasteiger partial charge in [-0.3, -0.25) is 4.79 Å². The highest BCUT2D eigenvalue weighted by atomic mass is 16.4. The lowest BCUT2D eigenvalue weighted by Crippen LogP contribution is -2.18. The van der Waals surface area contributed by atoms with Gasteiger partial charge in [-0.25, -0.2) is 0 Å². The number of carboxylic acid groups (broad SMARTS) is 1. The van der Waals surface area contributed by atoms with Crippen LogP contribution in [0.4, 0.5) is 0 Å². The summed E-state index contributed by atoms with van der Waals surface area (Å²) in [5.74, 6) is -0.739. The van der Waals surface area contributed by atoms with Crippen molar-refractivity contribution >= 4 is 5.97 Å². The Labute approximate surface area is 124 Å². The van der Waals surface area contributed by atoms with Crippen LogP contribution >= 0.6 is 0 Å². The van der Waals surface area contributed by atoms with E-state index in [9.17, 15) is 9.90 Å². The summed E-state index contributed by atoms with van der Waals surface area (Å²) in [6.07, 6.45) is 6.78. The van der Waals surface area contributed by atoms with Gasteiger partial charge in [-0.15, -0.1) is 0 Å². The molecule has 0 rings (SSSR count). The summed E-state index contributed by atoms with van der Waals surface area (Å²) < 4.78 is 0. The van der Waals surface area contributed by atoms with Gasteiger partial charge in [-0.05, 0) is 36.5 Å². The van der Waals surface area contributed by atoms with Crippen molar-refractivity contribution in [3.63, 3.8) is 0 Å². The predicted molar refractivity (Wildman–Crippen MR) is 83.8 cm³/mol. The van der Waals surface area contributed by atoms with E-state index in [1.807, 2.05) is 13.8 Å². The molecule has 3 nitrogen and oxygen atoms in total. The van der Waals surface area contributed by atoms with E-state index in [0.717, 1.165) is 38.5 Å². The molecule has 0 aromatic rings. The van der Waals surface area contributed by atoms with Crippen LogP contribution in [0.1, 0.15) is 86.0 Å². The fourth-order valence-electron chi connectivity index (χ4n) is 2.45. The second-order valence-electron chi connectivity index (χ2n) is 7.69. The fraction of sp³-hybridized carbons (Fsp3) is 0.941. The molecule has 1 atom stereocenters. The Morgan fingerprint density at radius 3 is 1.85 bits per heavy atom. The van der Waals surface area contributed by atoms with Crippen molar-refractivity contribution in [2.45, 2.75) is 92.1 Å². The minimum Gasteiger partial charge on any atom is -0.481 e. The van der Waals surface area contributed by atoms with E-state index < -0.39 is 5.97 Å². The van der Waals surface area contributed by atoms with E-state index in [1.54, 1.807) is 0 Å². The second kappa shape index (κ2) is 8.66. The van der Waals surface area contributed by atoms with Crippen LogP contribution in [0.25, 0.3) is 0 Å². The molecule has 0 heterocycles. The zero-order valence-electron chi connectivity index (χ0n) is 14.0. The molecule has 0 aliphatic heterocycles. The second-order valence-corrected chi connectivity index (χ2v) is 7.69. The summed E-state index contributed by atoms with van der Waals surface area (Å²) in [5, 5.41) is 18.8. The number of hydrogen-bond donors (Lipinski definition) is 2. The molecule has 0 fully saturated rings. The van der Waals surface area contributed by atoms with E-state index in [2.05, 4.69) is 20.8 Å². The number of aliphatic carboxylic acids is 1. The summed E-state index contributed by atoms with van der Waals surface area (Å²) in [4.78, 5) is 10.7. The minimum absolute atomic E-state index is 0.171. The zero-order chi connectivity index (χ0) is 15.8. The lowest BCUT2D eigenvalue weighted by Gasteiger charge is -2.24. The van der Waals surface area contributed by atoms with E-state index in [4.69, 9.17) is 5.11 Å². The van der Waals surface area contributed by atoms with Crippen molar-refractivity contribution < 1.29 is 15.0 Å². The smallest absolute Gasteiger partial charge is 0.303 e. The highest BCUT2D eigenvalue weighted by molar-refractivity contribution is 5.67. The maximum absolute atomic E-state index is 10.7. The molecule has 0 aromatic heterocycles. The van der Waals surface area contributed by atoms with Crippen molar-refractivity contribution in [2.24, 2.45) is 10.8 Å². The third-order valence-corrected chi connectivity index (χ3v) is 4.37. The number of rotatable bonds is 11. The van der Waals surface area contributed by atoms with Crippen molar-refractivity contribution in [3.05, 3.63) is 0 Å². The van der Waals surface area contributed by atoms with Gasteiger partial charge < -0.3 is 10.2 Å². The molecule has 0 radical (unpaired) electrons. The molecule has 3 heteroatoms. The number of hydrogen-bond acceptors (Lipinski definition) is 2. The van der Waals surface area contributed by atoms with Gasteiger partial charge >= 0.3 is 5.97 Å². The van der Waals surface area contributed by atoms with Gasteiger partial charge in [0.15, 0.2) is 0 Å². The van der Waals surface area contributed by atoms with E-state index in [1.165, 1.54) is 6.42 Å². The molecule has 0 saturated heterocycles. The first-order chi connectivity index (χ1) is 9.08. The summed E-state index contributed by atoms with van der Waals surface area (Å²) in [7, 11) is 0.